The molecule has 6 nitrogen and oxygen atoms in total. The topological polar surface area (TPSA) is 88.2 Å². The highest BCUT2D eigenvalue weighted by Gasteiger charge is 2.20. The van der Waals surface area contributed by atoms with Gasteiger partial charge in [0.25, 0.3) is 10.0 Å². The summed E-state index contributed by atoms with van der Waals surface area (Å²) in [5, 5.41) is 3.27. The summed E-state index contributed by atoms with van der Waals surface area (Å²) < 4.78 is 28.8. The van der Waals surface area contributed by atoms with Crippen molar-refractivity contribution in [3.8, 4) is 10.4 Å². The number of sulfonamides is 1. The standard InChI is InChI=1S/C22H25N3O3S2/c1-5-16-8-11-18(12-9-16)25-30(27,28)19-13-17(10-7-14(19)3)21-15(4)23-22(29-21)24-20(26)6-2/h7-13,25H,5-6H2,1-4H3,(H,23,24,26). The van der Waals surface area contributed by atoms with Crippen molar-refractivity contribution in [1.29, 1.82) is 0 Å². The van der Waals surface area contributed by atoms with Crippen molar-refractivity contribution in [2.24, 2.45) is 0 Å². The zero-order valence-electron chi connectivity index (χ0n) is 17.4. The number of hydrogen-bond donors (Lipinski definition) is 2. The molecule has 0 aliphatic rings. The molecule has 3 aromatic rings. The Hall–Kier alpha value is -2.71. The van der Waals surface area contributed by atoms with Gasteiger partial charge in [0, 0.05) is 12.1 Å². The van der Waals surface area contributed by atoms with Crippen molar-refractivity contribution >= 4 is 38.1 Å². The summed E-state index contributed by atoms with van der Waals surface area (Å²) in [6.45, 7) is 7.44. The number of carbonyl (C=O) groups excluding carboxylic acids is 1. The second-order valence-electron chi connectivity index (χ2n) is 6.97. The molecule has 0 aliphatic heterocycles. The smallest absolute Gasteiger partial charge is 0.262 e. The lowest BCUT2D eigenvalue weighted by molar-refractivity contribution is -0.115. The fourth-order valence-electron chi connectivity index (χ4n) is 2.97. The monoisotopic (exact) mass is 443 g/mol. The van der Waals surface area contributed by atoms with Crippen LogP contribution in [0.5, 0.6) is 0 Å². The maximum atomic E-state index is 13.1. The maximum absolute atomic E-state index is 13.1. The van der Waals surface area contributed by atoms with E-state index in [1.807, 2.05) is 25.1 Å². The number of thiazole rings is 1. The van der Waals surface area contributed by atoms with Crippen molar-refractivity contribution in [2.75, 3.05) is 10.0 Å². The van der Waals surface area contributed by atoms with Gasteiger partial charge in [-0.25, -0.2) is 13.4 Å². The lowest BCUT2D eigenvalue weighted by Gasteiger charge is -2.12. The molecule has 0 saturated heterocycles. The Morgan fingerprint density at radius 1 is 1.07 bits per heavy atom. The van der Waals surface area contributed by atoms with E-state index >= 15 is 0 Å². The minimum Gasteiger partial charge on any atom is -0.302 e. The molecule has 0 atom stereocenters. The maximum Gasteiger partial charge on any atom is 0.262 e. The van der Waals surface area contributed by atoms with Crippen LogP contribution in [0.2, 0.25) is 0 Å². The van der Waals surface area contributed by atoms with Crippen molar-refractivity contribution in [3.63, 3.8) is 0 Å². The van der Waals surface area contributed by atoms with Gasteiger partial charge in [-0.1, -0.05) is 49.4 Å². The second kappa shape index (κ2) is 8.97. The molecule has 1 heterocycles. The zero-order valence-corrected chi connectivity index (χ0v) is 19.1. The molecule has 0 aliphatic carbocycles. The number of nitrogens with zero attached hydrogens (tertiary/aromatic N) is 1. The predicted octanol–water partition coefficient (Wildman–Crippen LogP) is 5.14. The third kappa shape index (κ3) is 4.88. The summed E-state index contributed by atoms with van der Waals surface area (Å²) in [5.41, 5.74) is 3.80. The number of aryl methyl sites for hydroxylation is 3. The van der Waals surface area contributed by atoms with Gasteiger partial charge in [0.1, 0.15) is 0 Å². The van der Waals surface area contributed by atoms with E-state index in [0.717, 1.165) is 28.1 Å². The first-order valence-electron chi connectivity index (χ1n) is 9.73. The number of anilines is 2. The fourth-order valence-corrected chi connectivity index (χ4v) is 5.28. The molecule has 0 unspecified atom stereocenters. The van der Waals surface area contributed by atoms with Gasteiger partial charge in [0.05, 0.1) is 15.5 Å². The van der Waals surface area contributed by atoms with E-state index in [2.05, 4.69) is 21.9 Å². The first-order chi connectivity index (χ1) is 14.2. The van der Waals surface area contributed by atoms with Gasteiger partial charge in [0.15, 0.2) is 5.13 Å². The molecule has 2 aromatic carbocycles. The van der Waals surface area contributed by atoms with E-state index in [0.29, 0.717) is 22.8 Å². The Kier molecular flexibility index (Phi) is 6.58. The highest BCUT2D eigenvalue weighted by atomic mass is 32.2. The summed E-state index contributed by atoms with van der Waals surface area (Å²) in [6.07, 6.45) is 1.26. The molecule has 0 bridgehead atoms. The molecule has 2 N–H and O–H groups in total. The summed E-state index contributed by atoms with van der Waals surface area (Å²) in [5.74, 6) is -0.110. The Balaban J connectivity index is 1.93. The second-order valence-corrected chi connectivity index (χ2v) is 9.62. The van der Waals surface area contributed by atoms with Crippen LogP contribution in [0.1, 0.15) is 37.1 Å². The largest absolute Gasteiger partial charge is 0.302 e. The molecule has 0 spiro atoms. The molecular formula is C22H25N3O3S2. The van der Waals surface area contributed by atoms with E-state index < -0.39 is 10.0 Å². The molecular weight excluding hydrogens is 418 g/mol. The summed E-state index contributed by atoms with van der Waals surface area (Å²) in [7, 11) is -3.76. The Morgan fingerprint density at radius 2 is 1.77 bits per heavy atom. The lowest BCUT2D eigenvalue weighted by Crippen LogP contribution is -2.14. The van der Waals surface area contributed by atoms with Crippen molar-refractivity contribution < 1.29 is 13.2 Å². The fraction of sp³-hybridized carbons (Fsp3) is 0.273. The van der Waals surface area contributed by atoms with Gasteiger partial charge < -0.3 is 5.32 Å². The van der Waals surface area contributed by atoms with Gasteiger partial charge in [-0.2, -0.15) is 0 Å². The van der Waals surface area contributed by atoms with Crippen molar-refractivity contribution in [1.82, 2.24) is 4.98 Å². The minimum absolute atomic E-state index is 0.110. The van der Waals surface area contributed by atoms with Crippen LogP contribution in [0.3, 0.4) is 0 Å². The van der Waals surface area contributed by atoms with Crippen molar-refractivity contribution in [2.45, 2.75) is 45.4 Å². The minimum atomic E-state index is -3.76. The molecule has 158 valence electrons. The van der Waals surface area contributed by atoms with Crippen LogP contribution in [0.25, 0.3) is 10.4 Å². The molecule has 0 radical (unpaired) electrons. The van der Waals surface area contributed by atoms with Crippen LogP contribution in [-0.2, 0) is 21.2 Å². The van der Waals surface area contributed by atoms with E-state index in [-0.39, 0.29) is 10.8 Å². The molecule has 0 fully saturated rings. The average Bonchev–Trinajstić information content (AvgIpc) is 3.08. The van der Waals surface area contributed by atoms with E-state index in [1.54, 1.807) is 38.1 Å². The van der Waals surface area contributed by atoms with E-state index in [4.69, 9.17) is 0 Å². The summed E-state index contributed by atoms with van der Waals surface area (Å²) in [4.78, 5) is 17.1. The number of rotatable bonds is 7. The Bertz CT molecular complexity index is 1170. The molecule has 0 saturated carbocycles. The van der Waals surface area contributed by atoms with Crippen LogP contribution in [0.4, 0.5) is 10.8 Å². The van der Waals surface area contributed by atoms with Crippen LogP contribution in [0.15, 0.2) is 47.4 Å². The number of nitrogens with one attached hydrogen (secondary N) is 2. The third-order valence-corrected chi connectivity index (χ3v) is 7.36. The van der Waals surface area contributed by atoms with Gasteiger partial charge in [-0.05, 0) is 55.2 Å². The van der Waals surface area contributed by atoms with Gasteiger partial charge in [-0.3, -0.25) is 9.52 Å². The summed E-state index contributed by atoms with van der Waals surface area (Å²) in [6, 6.07) is 12.7. The molecule has 1 aromatic heterocycles. The highest BCUT2D eigenvalue weighted by molar-refractivity contribution is 7.92. The number of aromatic nitrogens is 1. The number of benzene rings is 2. The Labute approximate surface area is 181 Å². The summed E-state index contributed by atoms with van der Waals surface area (Å²) >= 11 is 1.33. The zero-order chi connectivity index (χ0) is 21.9. The average molecular weight is 444 g/mol. The highest BCUT2D eigenvalue weighted by Crippen LogP contribution is 2.35. The first kappa shape index (κ1) is 22.0. The lowest BCUT2D eigenvalue weighted by atomic mass is 10.1. The SMILES string of the molecule is CCC(=O)Nc1nc(C)c(-c2ccc(C)c(S(=O)(=O)Nc3ccc(CC)cc3)c2)s1. The van der Waals surface area contributed by atoms with Crippen LogP contribution < -0.4 is 10.0 Å². The normalized spacial score (nSPS) is 11.3. The van der Waals surface area contributed by atoms with Crippen LogP contribution >= 0.6 is 11.3 Å². The van der Waals surface area contributed by atoms with Crippen molar-refractivity contribution in [3.05, 3.63) is 59.3 Å². The van der Waals surface area contributed by atoms with Crippen LogP contribution in [-0.4, -0.2) is 19.3 Å². The number of hydrogen-bond acceptors (Lipinski definition) is 5. The predicted molar refractivity (Wildman–Crippen MR) is 123 cm³/mol. The number of amides is 1. The van der Waals surface area contributed by atoms with Gasteiger partial charge in [-0.15, -0.1) is 0 Å². The Morgan fingerprint density at radius 3 is 2.40 bits per heavy atom. The first-order valence-corrected chi connectivity index (χ1v) is 12.0. The molecule has 1 amide bonds. The van der Waals surface area contributed by atoms with Gasteiger partial charge in [0.2, 0.25) is 5.91 Å². The van der Waals surface area contributed by atoms with E-state index in [1.165, 1.54) is 11.3 Å². The molecule has 30 heavy (non-hydrogen) atoms. The van der Waals surface area contributed by atoms with Gasteiger partial charge >= 0.3 is 0 Å². The quantitative estimate of drug-likeness (QED) is 0.529. The molecule has 8 heteroatoms. The third-order valence-electron chi connectivity index (χ3n) is 4.72. The van der Waals surface area contributed by atoms with E-state index in [9.17, 15) is 13.2 Å². The number of carbonyl (C=O) groups is 1. The van der Waals surface area contributed by atoms with Crippen LogP contribution in [0, 0.1) is 13.8 Å². The molecule has 3 rings (SSSR count).